The highest BCUT2D eigenvalue weighted by molar-refractivity contribution is 7.14. The molecule has 1 aliphatic rings. The highest BCUT2D eigenvalue weighted by Crippen LogP contribution is 2.29. The van der Waals surface area contributed by atoms with E-state index in [0.29, 0.717) is 4.88 Å². The van der Waals surface area contributed by atoms with Gasteiger partial charge in [0.2, 0.25) is 0 Å². The molecule has 0 bridgehead atoms. The third-order valence-corrected chi connectivity index (χ3v) is 5.00. The molecule has 116 valence electrons. The molecule has 6 heteroatoms. The van der Waals surface area contributed by atoms with Gasteiger partial charge in [0, 0.05) is 12.0 Å². The number of amides is 1. The second-order valence-corrected chi connectivity index (χ2v) is 6.78. The second kappa shape index (κ2) is 6.58. The van der Waals surface area contributed by atoms with Crippen molar-refractivity contribution in [3.63, 3.8) is 0 Å². The summed E-state index contributed by atoms with van der Waals surface area (Å²) in [5.41, 5.74) is -0.167. The van der Waals surface area contributed by atoms with Crippen LogP contribution < -0.4 is 5.32 Å². The number of hydrogen-bond donors (Lipinski definition) is 2. The lowest BCUT2D eigenvalue weighted by atomic mass is 10.0. The number of thiophene rings is 1. The third-order valence-electron chi connectivity index (χ3n) is 3.76. The van der Waals surface area contributed by atoms with Gasteiger partial charge in [-0.05, 0) is 44.2 Å². The van der Waals surface area contributed by atoms with Crippen LogP contribution >= 0.6 is 11.3 Å². The first-order valence-corrected chi connectivity index (χ1v) is 7.94. The maximum atomic E-state index is 12.3. The van der Waals surface area contributed by atoms with Gasteiger partial charge in [-0.3, -0.25) is 4.79 Å². The number of aryl methyl sites for hydroxylation is 2. The lowest BCUT2D eigenvalue weighted by molar-refractivity contribution is -0.145. The van der Waals surface area contributed by atoms with Crippen molar-refractivity contribution in [1.82, 2.24) is 5.32 Å². The number of carboxylic acids is 1. The van der Waals surface area contributed by atoms with Crippen LogP contribution in [0.2, 0.25) is 0 Å². The summed E-state index contributed by atoms with van der Waals surface area (Å²) < 4.78 is 4.91. The Kier molecular flexibility index (Phi) is 5.00. The number of carboxylic acid groups (broad SMARTS) is 1. The second-order valence-electron chi connectivity index (χ2n) is 5.64. The molecule has 0 fully saturated rings. The number of aliphatic carboxylic acids is 1. The minimum absolute atomic E-state index is 0.0703. The molecule has 21 heavy (non-hydrogen) atoms. The third kappa shape index (κ3) is 3.63. The van der Waals surface area contributed by atoms with Crippen molar-refractivity contribution in [2.45, 2.75) is 44.6 Å². The zero-order valence-corrected chi connectivity index (χ0v) is 13.2. The van der Waals surface area contributed by atoms with Gasteiger partial charge in [0.15, 0.2) is 5.54 Å². The Balaban J connectivity index is 2.15. The molecule has 0 aromatic carbocycles. The highest BCUT2D eigenvalue weighted by Gasteiger charge is 2.35. The van der Waals surface area contributed by atoms with Crippen LogP contribution in [0, 0.1) is 0 Å². The first-order valence-electron chi connectivity index (χ1n) is 7.13. The maximum Gasteiger partial charge on any atom is 0.331 e. The SMILES string of the molecule is COCC(C)(NC(=O)c1cc2c(s1)CCCCC2)C(=O)O. The van der Waals surface area contributed by atoms with E-state index in [1.165, 1.54) is 42.2 Å². The van der Waals surface area contributed by atoms with E-state index < -0.39 is 11.5 Å². The van der Waals surface area contributed by atoms with Crippen LogP contribution in [0.15, 0.2) is 6.07 Å². The van der Waals surface area contributed by atoms with Gasteiger partial charge in [-0.25, -0.2) is 4.79 Å². The Hall–Kier alpha value is -1.40. The lowest BCUT2D eigenvalue weighted by Gasteiger charge is -2.24. The standard InChI is InChI=1S/C15H21NO4S/c1-15(9-20-2,14(18)19)16-13(17)12-8-10-6-4-3-5-7-11(10)21-12/h8H,3-7,9H2,1-2H3,(H,16,17)(H,18,19). The Morgan fingerprint density at radius 3 is 2.76 bits per heavy atom. The minimum atomic E-state index is -1.41. The Morgan fingerprint density at radius 1 is 1.38 bits per heavy atom. The normalized spacial score (nSPS) is 17.4. The molecule has 5 nitrogen and oxygen atoms in total. The first kappa shape index (κ1) is 16.0. The fourth-order valence-corrected chi connectivity index (χ4v) is 3.68. The number of methoxy groups -OCH3 is 1. The van der Waals surface area contributed by atoms with E-state index >= 15 is 0 Å². The smallest absolute Gasteiger partial charge is 0.331 e. The molecule has 0 saturated carbocycles. The van der Waals surface area contributed by atoms with Crippen molar-refractivity contribution in [3.8, 4) is 0 Å². The average Bonchev–Trinajstić information content (AvgIpc) is 2.70. The van der Waals surface area contributed by atoms with E-state index in [-0.39, 0.29) is 12.5 Å². The molecule has 1 aliphatic carbocycles. The van der Waals surface area contributed by atoms with Gasteiger partial charge in [0.25, 0.3) is 5.91 Å². The van der Waals surface area contributed by atoms with Crippen molar-refractivity contribution in [2.75, 3.05) is 13.7 Å². The molecule has 0 spiro atoms. The van der Waals surface area contributed by atoms with Crippen molar-refractivity contribution in [1.29, 1.82) is 0 Å². The molecular formula is C15H21NO4S. The quantitative estimate of drug-likeness (QED) is 0.818. The zero-order valence-electron chi connectivity index (χ0n) is 12.4. The maximum absolute atomic E-state index is 12.3. The van der Waals surface area contributed by atoms with E-state index in [1.54, 1.807) is 0 Å². The molecule has 1 heterocycles. The Labute approximate surface area is 128 Å². The summed E-state index contributed by atoms with van der Waals surface area (Å²) in [6.45, 7) is 1.38. The monoisotopic (exact) mass is 311 g/mol. The van der Waals surface area contributed by atoms with Gasteiger partial charge in [-0.1, -0.05) is 6.42 Å². The molecule has 1 unspecified atom stereocenters. The summed E-state index contributed by atoms with van der Waals surface area (Å²) in [5, 5.41) is 11.8. The largest absolute Gasteiger partial charge is 0.479 e. The molecule has 1 aromatic heterocycles. The highest BCUT2D eigenvalue weighted by atomic mass is 32.1. The summed E-state index contributed by atoms with van der Waals surface area (Å²) in [6.07, 6.45) is 5.56. The minimum Gasteiger partial charge on any atom is -0.479 e. The van der Waals surface area contributed by atoms with Crippen molar-refractivity contribution >= 4 is 23.2 Å². The summed E-state index contributed by atoms with van der Waals surface area (Å²) in [5.74, 6) is -1.44. The molecule has 0 radical (unpaired) electrons. The van der Waals surface area contributed by atoms with Crippen LogP contribution in [-0.4, -0.2) is 36.2 Å². The van der Waals surface area contributed by atoms with Crippen LogP contribution in [0.3, 0.4) is 0 Å². The summed E-state index contributed by atoms with van der Waals surface area (Å²) in [7, 11) is 1.42. The average molecular weight is 311 g/mol. The van der Waals surface area contributed by atoms with Crippen LogP contribution in [0.1, 0.15) is 46.3 Å². The van der Waals surface area contributed by atoms with E-state index in [4.69, 9.17) is 4.74 Å². The van der Waals surface area contributed by atoms with Gasteiger partial charge in [0.1, 0.15) is 0 Å². The fourth-order valence-electron chi connectivity index (χ4n) is 2.53. The van der Waals surface area contributed by atoms with Crippen LogP contribution in [-0.2, 0) is 22.4 Å². The first-order chi connectivity index (χ1) is 9.96. The van der Waals surface area contributed by atoms with Crippen molar-refractivity contribution in [2.24, 2.45) is 0 Å². The van der Waals surface area contributed by atoms with Crippen molar-refractivity contribution < 1.29 is 19.4 Å². The predicted molar refractivity (Wildman–Crippen MR) is 81.0 cm³/mol. The summed E-state index contributed by atoms with van der Waals surface area (Å²) in [4.78, 5) is 25.5. The van der Waals surface area contributed by atoms with Crippen molar-refractivity contribution in [3.05, 3.63) is 21.4 Å². The molecule has 1 aromatic rings. The number of hydrogen-bond acceptors (Lipinski definition) is 4. The molecule has 2 N–H and O–H groups in total. The number of fused-ring (bicyclic) bond motifs is 1. The molecule has 2 rings (SSSR count). The molecule has 0 aliphatic heterocycles. The molecule has 1 atom stereocenters. The van der Waals surface area contributed by atoms with Crippen LogP contribution in [0.4, 0.5) is 0 Å². The van der Waals surface area contributed by atoms with Gasteiger partial charge in [-0.2, -0.15) is 0 Å². The van der Waals surface area contributed by atoms with Crippen LogP contribution in [0.5, 0.6) is 0 Å². The fraction of sp³-hybridized carbons (Fsp3) is 0.600. The Bertz CT molecular complexity index is 516. The van der Waals surface area contributed by atoms with E-state index in [9.17, 15) is 14.7 Å². The number of ether oxygens (including phenoxy) is 1. The van der Waals surface area contributed by atoms with Gasteiger partial charge in [0.05, 0.1) is 11.5 Å². The van der Waals surface area contributed by atoms with Gasteiger partial charge >= 0.3 is 5.97 Å². The number of rotatable bonds is 5. The van der Waals surface area contributed by atoms with E-state index in [1.807, 2.05) is 6.07 Å². The van der Waals surface area contributed by atoms with Gasteiger partial charge < -0.3 is 15.2 Å². The van der Waals surface area contributed by atoms with Crippen LogP contribution in [0.25, 0.3) is 0 Å². The molecular weight excluding hydrogens is 290 g/mol. The van der Waals surface area contributed by atoms with Gasteiger partial charge in [-0.15, -0.1) is 11.3 Å². The van der Waals surface area contributed by atoms with E-state index in [2.05, 4.69) is 5.32 Å². The zero-order chi connectivity index (χ0) is 15.5. The van der Waals surface area contributed by atoms with E-state index in [0.717, 1.165) is 25.7 Å². The number of carbonyl (C=O) groups is 2. The Morgan fingerprint density at radius 2 is 2.10 bits per heavy atom. The molecule has 0 saturated heterocycles. The number of nitrogens with one attached hydrogen (secondary N) is 1. The predicted octanol–water partition coefficient (Wildman–Crippen LogP) is 2.24. The topological polar surface area (TPSA) is 75.6 Å². The number of carbonyl (C=O) groups excluding carboxylic acids is 1. The molecule has 1 amide bonds. The summed E-state index contributed by atoms with van der Waals surface area (Å²) >= 11 is 1.48. The summed E-state index contributed by atoms with van der Waals surface area (Å²) in [6, 6.07) is 1.91. The lowest BCUT2D eigenvalue weighted by Crippen LogP contribution is -2.55.